The summed E-state index contributed by atoms with van der Waals surface area (Å²) in [5.74, 6) is -1.77. The van der Waals surface area contributed by atoms with Crippen LogP contribution in [0.5, 0.6) is 0 Å². The van der Waals surface area contributed by atoms with E-state index in [1.807, 2.05) is 30.3 Å². The van der Waals surface area contributed by atoms with Gasteiger partial charge in [0, 0.05) is 25.0 Å². The van der Waals surface area contributed by atoms with Crippen LogP contribution in [-0.2, 0) is 17.9 Å². The quantitative estimate of drug-likeness (QED) is 0.211. The summed E-state index contributed by atoms with van der Waals surface area (Å²) in [5.41, 5.74) is -1.62. The lowest BCUT2D eigenvalue weighted by atomic mass is 10.2. The summed E-state index contributed by atoms with van der Waals surface area (Å²) in [4.78, 5) is 61.2. The van der Waals surface area contributed by atoms with Crippen LogP contribution in [0.2, 0.25) is 0 Å². The normalized spacial score (nSPS) is 10.8. The Morgan fingerprint density at radius 3 is 2.53 bits per heavy atom. The Hall–Kier alpha value is -5.00. The maximum Gasteiger partial charge on any atom is 0.323 e. The summed E-state index contributed by atoms with van der Waals surface area (Å²) < 4.78 is 2.04. The van der Waals surface area contributed by atoms with Crippen molar-refractivity contribution >= 4 is 28.6 Å². The van der Waals surface area contributed by atoms with Crippen molar-refractivity contribution < 1.29 is 19.6 Å². The van der Waals surface area contributed by atoms with Crippen molar-refractivity contribution in [2.24, 2.45) is 0 Å². The van der Waals surface area contributed by atoms with Gasteiger partial charge in [-0.3, -0.25) is 33.9 Å². The SMILES string of the molecule is O=C(O)Cn1c(=O)c(=O)[nH]c2cc([N+](=O)[O-])c(-n3ccc(C(=O)NCc4ccccc4)c3)cc21. The summed E-state index contributed by atoms with van der Waals surface area (Å²) in [5, 5.41) is 23.6. The number of carbonyl (C=O) groups is 2. The van der Waals surface area contributed by atoms with Crippen LogP contribution in [0.15, 0.2) is 70.5 Å². The molecule has 2 aromatic heterocycles. The Labute approximate surface area is 189 Å². The molecule has 2 heterocycles. The predicted molar refractivity (Wildman–Crippen MR) is 120 cm³/mol. The van der Waals surface area contributed by atoms with Crippen LogP contribution in [0.1, 0.15) is 15.9 Å². The van der Waals surface area contributed by atoms with E-state index in [4.69, 9.17) is 5.11 Å². The molecule has 12 nitrogen and oxygen atoms in total. The summed E-state index contributed by atoms with van der Waals surface area (Å²) in [6, 6.07) is 13.0. The zero-order chi connectivity index (χ0) is 24.4. The number of aromatic nitrogens is 3. The number of benzene rings is 2. The third kappa shape index (κ3) is 4.32. The van der Waals surface area contributed by atoms with Crippen molar-refractivity contribution in [1.29, 1.82) is 0 Å². The van der Waals surface area contributed by atoms with Gasteiger partial charge in [0.1, 0.15) is 12.2 Å². The molecule has 0 aliphatic rings. The van der Waals surface area contributed by atoms with Crippen molar-refractivity contribution in [2.45, 2.75) is 13.1 Å². The number of aliphatic carboxylic acids is 1. The number of hydrogen-bond donors (Lipinski definition) is 3. The fourth-order valence-corrected chi connectivity index (χ4v) is 3.50. The van der Waals surface area contributed by atoms with E-state index >= 15 is 0 Å². The van der Waals surface area contributed by atoms with E-state index < -0.39 is 40.2 Å². The van der Waals surface area contributed by atoms with Gasteiger partial charge in [-0.1, -0.05) is 30.3 Å². The van der Waals surface area contributed by atoms with E-state index in [1.54, 1.807) is 0 Å². The summed E-state index contributed by atoms with van der Waals surface area (Å²) in [7, 11) is 0. The average molecular weight is 463 g/mol. The number of nitrogens with zero attached hydrogens (tertiary/aromatic N) is 3. The lowest BCUT2D eigenvalue weighted by Gasteiger charge is -2.11. The Balaban J connectivity index is 1.76. The number of nitro groups is 1. The summed E-state index contributed by atoms with van der Waals surface area (Å²) >= 11 is 0. The second-order valence-electron chi connectivity index (χ2n) is 7.33. The van der Waals surface area contributed by atoms with Gasteiger partial charge < -0.3 is 20.0 Å². The molecule has 0 saturated carbocycles. The summed E-state index contributed by atoms with van der Waals surface area (Å²) in [6.45, 7) is -0.523. The van der Waals surface area contributed by atoms with Gasteiger partial charge in [0.2, 0.25) is 0 Å². The lowest BCUT2D eigenvalue weighted by Crippen LogP contribution is -2.37. The summed E-state index contributed by atoms with van der Waals surface area (Å²) in [6.07, 6.45) is 2.80. The molecule has 0 aliphatic heterocycles. The molecule has 0 spiro atoms. The topological polar surface area (TPSA) is 169 Å². The number of fused-ring (bicyclic) bond motifs is 1. The van der Waals surface area contributed by atoms with Crippen molar-refractivity contribution in [2.75, 3.05) is 0 Å². The fourth-order valence-electron chi connectivity index (χ4n) is 3.50. The van der Waals surface area contributed by atoms with Gasteiger partial charge in [-0.25, -0.2) is 0 Å². The molecule has 172 valence electrons. The Kier molecular flexibility index (Phi) is 5.79. The lowest BCUT2D eigenvalue weighted by molar-refractivity contribution is -0.384. The average Bonchev–Trinajstić information content (AvgIpc) is 3.30. The zero-order valence-electron chi connectivity index (χ0n) is 17.4. The van der Waals surface area contributed by atoms with Gasteiger partial charge >= 0.3 is 17.1 Å². The van der Waals surface area contributed by atoms with E-state index in [0.29, 0.717) is 0 Å². The number of hydrogen-bond acceptors (Lipinski definition) is 6. The first-order chi connectivity index (χ1) is 16.2. The number of carboxylic acids is 1. The Bertz CT molecular complexity index is 1550. The second-order valence-corrected chi connectivity index (χ2v) is 7.33. The van der Waals surface area contributed by atoms with Gasteiger partial charge in [0.15, 0.2) is 0 Å². The van der Waals surface area contributed by atoms with Gasteiger partial charge in [0.25, 0.3) is 11.6 Å². The molecule has 2 aromatic carbocycles. The van der Waals surface area contributed by atoms with E-state index in [2.05, 4.69) is 10.3 Å². The van der Waals surface area contributed by atoms with Gasteiger partial charge in [-0.15, -0.1) is 0 Å². The predicted octanol–water partition coefficient (Wildman–Crippen LogP) is 1.40. The molecule has 0 saturated heterocycles. The van der Waals surface area contributed by atoms with E-state index in [1.165, 1.54) is 29.1 Å². The third-order valence-electron chi connectivity index (χ3n) is 5.09. The third-order valence-corrected chi connectivity index (χ3v) is 5.09. The largest absolute Gasteiger partial charge is 0.480 e. The molecular weight excluding hydrogens is 446 g/mol. The van der Waals surface area contributed by atoms with Gasteiger partial charge in [-0.05, 0) is 17.7 Å². The number of H-pyrrole nitrogens is 1. The van der Waals surface area contributed by atoms with Crippen LogP contribution in [0.3, 0.4) is 0 Å². The van der Waals surface area contributed by atoms with Crippen LogP contribution < -0.4 is 16.4 Å². The first kappa shape index (κ1) is 22.2. The second kappa shape index (κ2) is 8.86. The highest BCUT2D eigenvalue weighted by Crippen LogP contribution is 2.28. The van der Waals surface area contributed by atoms with E-state index in [-0.39, 0.29) is 28.8 Å². The number of nitrogens with one attached hydrogen (secondary N) is 2. The molecule has 4 aromatic rings. The minimum absolute atomic E-state index is 0.0172. The highest BCUT2D eigenvalue weighted by molar-refractivity contribution is 5.94. The standard InChI is InChI=1S/C22H17N5O7/c28-19(29)12-26-16-9-17(18(27(33)34)8-15(16)24-21(31)22(26)32)25-7-6-14(11-25)20(30)23-10-13-4-2-1-3-5-13/h1-9,11H,10,12H2,(H,23,30)(H,24,31)(H,28,29). The molecular formula is C22H17N5O7. The highest BCUT2D eigenvalue weighted by Gasteiger charge is 2.21. The Morgan fingerprint density at radius 2 is 1.85 bits per heavy atom. The molecule has 0 radical (unpaired) electrons. The smallest absolute Gasteiger partial charge is 0.323 e. The first-order valence-electron chi connectivity index (χ1n) is 9.92. The number of aromatic amines is 1. The van der Waals surface area contributed by atoms with Crippen LogP contribution in [0.25, 0.3) is 16.7 Å². The zero-order valence-corrected chi connectivity index (χ0v) is 17.4. The monoisotopic (exact) mass is 463 g/mol. The maximum atomic E-state index is 12.5. The molecule has 0 atom stereocenters. The van der Waals surface area contributed by atoms with E-state index in [0.717, 1.165) is 16.2 Å². The molecule has 0 bridgehead atoms. The van der Waals surface area contributed by atoms with Crippen molar-refractivity contribution in [1.82, 2.24) is 19.4 Å². The molecule has 0 unspecified atom stereocenters. The molecule has 3 N–H and O–H groups in total. The van der Waals surface area contributed by atoms with Crippen LogP contribution >= 0.6 is 0 Å². The minimum Gasteiger partial charge on any atom is -0.480 e. The minimum atomic E-state index is -1.37. The number of carbonyl (C=O) groups excluding carboxylic acids is 1. The number of amides is 1. The van der Waals surface area contributed by atoms with Crippen molar-refractivity contribution in [3.05, 3.63) is 103 Å². The molecule has 12 heteroatoms. The van der Waals surface area contributed by atoms with Crippen molar-refractivity contribution in [3.8, 4) is 5.69 Å². The number of carboxylic acid groups (broad SMARTS) is 1. The Morgan fingerprint density at radius 1 is 1.12 bits per heavy atom. The molecule has 34 heavy (non-hydrogen) atoms. The molecule has 1 amide bonds. The number of nitro benzene ring substituents is 1. The molecule has 4 rings (SSSR count). The highest BCUT2D eigenvalue weighted by atomic mass is 16.6. The van der Waals surface area contributed by atoms with Crippen LogP contribution in [0, 0.1) is 10.1 Å². The van der Waals surface area contributed by atoms with Gasteiger partial charge in [-0.2, -0.15) is 0 Å². The molecule has 0 aliphatic carbocycles. The van der Waals surface area contributed by atoms with E-state index in [9.17, 15) is 29.3 Å². The number of rotatable bonds is 7. The van der Waals surface area contributed by atoms with Crippen molar-refractivity contribution in [3.63, 3.8) is 0 Å². The van der Waals surface area contributed by atoms with Crippen LogP contribution in [-0.4, -0.2) is 36.0 Å². The first-order valence-corrected chi connectivity index (χ1v) is 9.92. The molecule has 0 fully saturated rings. The van der Waals surface area contributed by atoms with Crippen LogP contribution in [0.4, 0.5) is 5.69 Å². The van der Waals surface area contributed by atoms with Gasteiger partial charge in [0.05, 0.1) is 21.5 Å². The fraction of sp³-hybridized carbons (Fsp3) is 0.0909. The maximum absolute atomic E-state index is 12.5.